The van der Waals surface area contributed by atoms with Crippen LogP contribution in [0, 0.1) is 0 Å². The normalized spacial score (nSPS) is 9.60. The van der Waals surface area contributed by atoms with E-state index >= 15 is 0 Å². The van der Waals surface area contributed by atoms with Gasteiger partial charge in [-0.3, -0.25) is 0 Å². The average Bonchev–Trinajstić information content (AvgIpc) is 2.43. The van der Waals surface area contributed by atoms with Gasteiger partial charge in [-0.05, 0) is 41.8 Å². The van der Waals surface area contributed by atoms with Gasteiger partial charge in [-0.2, -0.15) is 4.99 Å². The Morgan fingerprint density at radius 3 is 2.10 bits per heavy atom. The number of amides is 2. The first kappa shape index (κ1) is 13.5. The molecule has 0 saturated heterocycles. The summed E-state index contributed by atoms with van der Waals surface area (Å²) in [5, 5.41) is 2.51. The van der Waals surface area contributed by atoms with E-state index in [1.165, 1.54) is 6.08 Å². The zero-order chi connectivity index (χ0) is 14.4. The van der Waals surface area contributed by atoms with Crippen LogP contribution >= 0.6 is 0 Å². The van der Waals surface area contributed by atoms with Crippen LogP contribution in [0.4, 0.5) is 16.2 Å². The Bertz CT molecular complexity index is 642. The molecule has 0 aliphatic carbocycles. The molecular weight excluding hydrogens is 254 g/mol. The molecule has 0 spiro atoms. The van der Waals surface area contributed by atoms with E-state index in [2.05, 4.69) is 10.3 Å². The molecular formula is C15H13N3O2. The predicted molar refractivity (Wildman–Crippen MR) is 76.7 cm³/mol. The number of isocyanates is 1. The minimum Gasteiger partial charge on any atom is -0.351 e. The van der Waals surface area contributed by atoms with Crippen LogP contribution in [0.5, 0.6) is 0 Å². The van der Waals surface area contributed by atoms with Gasteiger partial charge in [0.15, 0.2) is 0 Å². The van der Waals surface area contributed by atoms with E-state index in [9.17, 15) is 9.59 Å². The summed E-state index contributed by atoms with van der Waals surface area (Å²) in [6.45, 7) is 0. The number of rotatable bonds is 4. The van der Waals surface area contributed by atoms with E-state index in [0.29, 0.717) is 11.4 Å². The fourth-order valence-electron chi connectivity index (χ4n) is 1.82. The summed E-state index contributed by atoms with van der Waals surface area (Å²) in [6.07, 6.45) is 2.26. The Kier molecular flexibility index (Phi) is 4.27. The number of urea groups is 1. The molecule has 0 atom stereocenters. The largest absolute Gasteiger partial charge is 0.351 e. The smallest absolute Gasteiger partial charge is 0.316 e. The van der Waals surface area contributed by atoms with Crippen LogP contribution in [-0.2, 0) is 11.2 Å². The molecule has 2 amide bonds. The highest BCUT2D eigenvalue weighted by molar-refractivity contribution is 5.87. The first-order valence-electron chi connectivity index (χ1n) is 5.99. The third kappa shape index (κ3) is 3.80. The quantitative estimate of drug-likeness (QED) is 0.659. The number of carbonyl (C=O) groups excluding carboxylic acids is 2. The van der Waals surface area contributed by atoms with Gasteiger partial charge < -0.3 is 11.1 Å². The second-order valence-electron chi connectivity index (χ2n) is 4.23. The number of carbonyl (C=O) groups is 1. The molecule has 0 bridgehead atoms. The highest BCUT2D eigenvalue weighted by Crippen LogP contribution is 2.16. The van der Waals surface area contributed by atoms with E-state index in [1.807, 2.05) is 24.3 Å². The molecule has 0 radical (unpaired) electrons. The van der Waals surface area contributed by atoms with Gasteiger partial charge in [-0.25, -0.2) is 9.59 Å². The van der Waals surface area contributed by atoms with Crippen molar-refractivity contribution in [2.75, 3.05) is 5.32 Å². The third-order valence-electron chi connectivity index (χ3n) is 2.74. The second-order valence-corrected chi connectivity index (χ2v) is 4.23. The van der Waals surface area contributed by atoms with E-state index < -0.39 is 6.03 Å². The SMILES string of the molecule is NC(=O)Nc1ccc(Cc2ccc(N=C=O)cc2)cc1. The number of hydrogen-bond acceptors (Lipinski definition) is 3. The number of nitrogens with one attached hydrogen (secondary N) is 1. The second kappa shape index (κ2) is 6.31. The zero-order valence-electron chi connectivity index (χ0n) is 10.7. The van der Waals surface area contributed by atoms with Crippen LogP contribution in [0.15, 0.2) is 53.5 Å². The Balaban J connectivity index is 2.05. The lowest BCUT2D eigenvalue weighted by Crippen LogP contribution is -2.19. The van der Waals surface area contributed by atoms with Gasteiger partial charge in [-0.1, -0.05) is 24.3 Å². The number of nitrogens with zero attached hydrogens (tertiary/aromatic N) is 1. The minimum atomic E-state index is -0.580. The Morgan fingerprint density at radius 1 is 1.05 bits per heavy atom. The van der Waals surface area contributed by atoms with Crippen LogP contribution < -0.4 is 11.1 Å². The molecule has 2 aromatic carbocycles. The van der Waals surface area contributed by atoms with Gasteiger partial charge in [0.1, 0.15) is 0 Å². The lowest BCUT2D eigenvalue weighted by atomic mass is 10.0. The monoisotopic (exact) mass is 267 g/mol. The van der Waals surface area contributed by atoms with Gasteiger partial charge in [0, 0.05) is 5.69 Å². The maximum absolute atomic E-state index is 10.7. The van der Waals surface area contributed by atoms with Gasteiger partial charge in [0.05, 0.1) is 5.69 Å². The first-order chi connectivity index (χ1) is 9.67. The number of benzene rings is 2. The molecule has 5 heteroatoms. The topological polar surface area (TPSA) is 84.6 Å². The van der Waals surface area contributed by atoms with E-state index in [-0.39, 0.29) is 0 Å². The van der Waals surface area contributed by atoms with Gasteiger partial charge in [-0.15, -0.1) is 0 Å². The molecule has 5 nitrogen and oxygen atoms in total. The predicted octanol–water partition coefficient (Wildman–Crippen LogP) is 2.74. The molecule has 0 aromatic heterocycles. The molecule has 20 heavy (non-hydrogen) atoms. The van der Waals surface area contributed by atoms with Crippen molar-refractivity contribution in [2.45, 2.75) is 6.42 Å². The van der Waals surface area contributed by atoms with Crippen molar-refractivity contribution in [3.05, 3.63) is 59.7 Å². The van der Waals surface area contributed by atoms with Gasteiger partial charge in [0.2, 0.25) is 6.08 Å². The summed E-state index contributed by atoms with van der Waals surface area (Å²) < 4.78 is 0. The van der Waals surface area contributed by atoms with Crippen molar-refractivity contribution < 1.29 is 9.59 Å². The molecule has 0 unspecified atom stereocenters. The zero-order valence-corrected chi connectivity index (χ0v) is 10.7. The van der Waals surface area contributed by atoms with Crippen molar-refractivity contribution in [2.24, 2.45) is 10.7 Å². The maximum Gasteiger partial charge on any atom is 0.316 e. The Hall–Kier alpha value is -2.91. The van der Waals surface area contributed by atoms with Gasteiger partial charge >= 0.3 is 6.03 Å². The third-order valence-corrected chi connectivity index (χ3v) is 2.74. The lowest BCUT2D eigenvalue weighted by molar-refractivity contribution is 0.259. The molecule has 2 rings (SSSR count). The van der Waals surface area contributed by atoms with E-state index in [4.69, 9.17) is 5.73 Å². The molecule has 0 saturated carbocycles. The van der Waals surface area contributed by atoms with Crippen molar-refractivity contribution in [1.29, 1.82) is 0 Å². The standard InChI is InChI=1S/C15H13N3O2/c16-15(20)18-14-7-3-12(4-8-14)9-11-1-5-13(6-2-11)17-10-19/h1-8H,9H2,(H3,16,18,20). The molecule has 2 aromatic rings. The summed E-state index contributed by atoms with van der Waals surface area (Å²) in [4.78, 5) is 24.4. The van der Waals surface area contributed by atoms with Crippen LogP contribution in [-0.4, -0.2) is 12.1 Å². The van der Waals surface area contributed by atoms with E-state index in [0.717, 1.165) is 17.5 Å². The summed E-state index contributed by atoms with van der Waals surface area (Å²) in [5.74, 6) is 0. The van der Waals surface area contributed by atoms with Crippen molar-refractivity contribution in [1.82, 2.24) is 0 Å². The summed E-state index contributed by atoms with van der Waals surface area (Å²) in [5.41, 5.74) is 8.50. The first-order valence-corrected chi connectivity index (χ1v) is 5.99. The highest BCUT2D eigenvalue weighted by Gasteiger charge is 1.99. The molecule has 0 heterocycles. The fraction of sp³-hybridized carbons (Fsp3) is 0.0667. The summed E-state index contributed by atoms with van der Waals surface area (Å²) >= 11 is 0. The van der Waals surface area contributed by atoms with Crippen LogP contribution in [0.1, 0.15) is 11.1 Å². The Morgan fingerprint density at radius 2 is 1.60 bits per heavy atom. The average molecular weight is 267 g/mol. The number of nitrogens with two attached hydrogens (primary N) is 1. The highest BCUT2D eigenvalue weighted by atomic mass is 16.2. The molecule has 0 aliphatic heterocycles. The minimum absolute atomic E-state index is 0.580. The van der Waals surface area contributed by atoms with Crippen LogP contribution in [0.2, 0.25) is 0 Å². The molecule has 3 N–H and O–H groups in total. The van der Waals surface area contributed by atoms with Crippen molar-refractivity contribution in [3.63, 3.8) is 0 Å². The van der Waals surface area contributed by atoms with Crippen molar-refractivity contribution >= 4 is 23.5 Å². The van der Waals surface area contributed by atoms with Crippen LogP contribution in [0.25, 0.3) is 0 Å². The summed E-state index contributed by atoms with van der Waals surface area (Å²) in [6, 6.07) is 14.2. The molecule has 100 valence electrons. The fourth-order valence-corrected chi connectivity index (χ4v) is 1.82. The lowest BCUT2D eigenvalue weighted by Gasteiger charge is -2.05. The van der Waals surface area contributed by atoms with E-state index in [1.54, 1.807) is 24.3 Å². The molecule has 0 fully saturated rings. The van der Waals surface area contributed by atoms with Crippen molar-refractivity contribution in [3.8, 4) is 0 Å². The Labute approximate surface area is 116 Å². The summed E-state index contributed by atoms with van der Waals surface area (Å²) in [7, 11) is 0. The maximum atomic E-state index is 10.7. The van der Waals surface area contributed by atoms with Gasteiger partial charge in [0.25, 0.3) is 0 Å². The molecule has 0 aliphatic rings. The number of aliphatic imine (C=N–C) groups is 1. The number of hydrogen-bond donors (Lipinski definition) is 2. The number of primary amides is 1. The van der Waals surface area contributed by atoms with Crippen LogP contribution in [0.3, 0.4) is 0 Å². The number of anilines is 1.